The van der Waals surface area contributed by atoms with E-state index in [1.807, 2.05) is 48.5 Å². The molecule has 0 N–H and O–H groups in total. The molecule has 0 atom stereocenters. The topological polar surface area (TPSA) is 62.2 Å². The SMILES string of the molecule is O=S(=O)(c1cccc(Cl)c1)N1CCN(C2=Nc3ccccc3Oc3ccccc32)CC1. The maximum atomic E-state index is 13.0. The molecular formula is C23H20ClN3O3S. The van der Waals surface area contributed by atoms with Gasteiger partial charge in [0.05, 0.1) is 10.5 Å². The summed E-state index contributed by atoms with van der Waals surface area (Å²) < 4.78 is 33.7. The number of amidine groups is 1. The Morgan fingerprint density at radius 2 is 1.55 bits per heavy atom. The number of fused-ring (bicyclic) bond motifs is 2. The maximum Gasteiger partial charge on any atom is 0.243 e. The van der Waals surface area contributed by atoms with Gasteiger partial charge in [-0.25, -0.2) is 13.4 Å². The monoisotopic (exact) mass is 453 g/mol. The van der Waals surface area contributed by atoms with Gasteiger partial charge in [-0.2, -0.15) is 4.31 Å². The van der Waals surface area contributed by atoms with Crippen molar-refractivity contribution in [2.75, 3.05) is 26.2 Å². The van der Waals surface area contributed by atoms with E-state index in [1.165, 1.54) is 10.4 Å². The summed E-state index contributed by atoms with van der Waals surface area (Å²) in [6.45, 7) is 1.77. The van der Waals surface area contributed by atoms with Crippen LogP contribution >= 0.6 is 11.6 Å². The summed E-state index contributed by atoms with van der Waals surface area (Å²) in [4.78, 5) is 7.23. The molecule has 0 saturated carbocycles. The van der Waals surface area contributed by atoms with Crippen LogP contribution in [0.25, 0.3) is 0 Å². The van der Waals surface area contributed by atoms with Gasteiger partial charge in [-0.1, -0.05) is 41.9 Å². The minimum absolute atomic E-state index is 0.216. The highest BCUT2D eigenvalue weighted by Crippen LogP contribution is 2.38. The van der Waals surface area contributed by atoms with Crippen LogP contribution in [-0.4, -0.2) is 49.6 Å². The van der Waals surface area contributed by atoms with Gasteiger partial charge in [-0.3, -0.25) is 0 Å². The normalized spacial score (nSPS) is 16.5. The lowest BCUT2D eigenvalue weighted by molar-refractivity contribution is 0.266. The Balaban J connectivity index is 1.43. The molecule has 31 heavy (non-hydrogen) atoms. The van der Waals surface area contributed by atoms with Crippen molar-refractivity contribution < 1.29 is 13.2 Å². The lowest BCUT2D eigenvalue weighted by atomic mass is 10.1. The maximum absolute atomic E-state index is 13.0. The average Bonchev–Trinajstić information content (AvgIpc) is 2.96. The van der Waals surface area contributed by atoms with Crippen molar-refractivity contribution in [1.29, 1.82) is 0 Å². The van der Waals surface area contributed by atoms with E-state index in [-0.39, 0.29) is 4.90 Å². The smallest absolute Gasteiger partial charge is 0.243 e. The average molecular weight is 454 g/mol. The molecule has 158 valence electrons. The second-order valence-corrected chi connectivity index (χ2v) is 9.72. The fourth-order valence-electron chi connectivity index (χ4n) is 3.83. The molecule has 3 aromatic rings. The van der Waals surface area contributed by atoms with Crippen LogP contribution in [0.3, 0.4) is 0 Å². The predicted octanol–water partition coefficient (Wildman–Crippen LogP) is 4.53. The number of hydrogen-bond donors (Lipinski definition) is 0. The molecule has 0 amide bonds. The van der Waals surface area contributed by atoms with Crippen molar-refractivity contribution in [3.05, 3.63) is 83.4 Å². The number of aliphatic imine (C=N–C) groups is 1. The molecule has 1 saturated heterocycles. The molecular weight excluding hydrogens is 434 g/mol. The minimum atomic E-state index is -3.60. The third-order valence-corrected chi connectivity index (χ3v) is 7.54. The first-order chi connectivity index (χ1) is 15.0. The van der Waals surface area contributed by atoms with Gasteiger partial charge in [0, 0.05) is 31.2 Å². The Hall–Kier alpha value is -2.87. The van der Waals surface area contributed by atoms with Crippen molar-refractivity contribution in [1.82, 2.24) is 9.21 Å². The highest BCUT2D eigenvalue weighted by Gasteiger charge is 2.31. The predicted molar refractivity (Wildman–Crippen MR) is 121 cm³/mol. The summed E-state index contributed by atoms with van der Waals surface area (Å²) in [5.74, 6) is 2.23. The van der Waals surface area contributed by atoms with E-state index in [4.69, 9.17) is 21.3 Å². The Morgan fingerprint density at radius 3 is 2.32 bits per heavy atom. The van der Waals surface area contributed by atoms with Crippen molar-refractivity contribution in [3.8, 4) is 11.5 Å². The number of benzene rings is 3. The molecule has 0 radical (unpaired) electrons. The van der Waals surface area contributed by atoms with Gasteiger partial charge < -0.3 is 9.64 Å². The first-order valence-corrected chi connectivity index (χ1v) is 11.8. The van der Waals surface area contributed by atoms with E-state index in [2.05, 4.69) is 4.90 Å². The molecule has 3 aromatic carbocycles. The van der Waals surface area contributed by atoms with E-state index in [1.54, 1.807) is 18.2 Å². The Bertz CT molecular complexity index is 1270. The first kappa shape index (κ1) is 20.1. The van der Waals surface area contributed by atoms with Gasteiger partial charge >= 0.3 is 0 Å². The van der Waals surface area contributed by atoms with Crippen LogP contribution in [0.4, 0.5) is 5.69 Å². The number of ether oxygens (including phenoxy) is 1. The molecule has 0 aliphatic carbocycles. The molecule has 2 aliphatic heterocycles. The quantitative estimate of drug-likeness (QED) is 0.572. The molecule has 0 aromatic heterocycles. The third-order valence-electron chi connectivity index (χ3n) is 5.41. The van der Waals surface area contributed by atoms with Gasteiger partial charge in [0.1, 0.15) is 17.3 Å². The van der Waals surface area contributed by atoms with Gasteiger partial charge in [0.15, 0.2) is 5.75 Å². The molecule has 6 nitrogen and oxygen atoms in total. The molecule has 2 aliphatic rings. The third kappa shape index (κ3) is 3.80. The van der Waals surface area contributed by atoms with Crippen molar-refractivity contribution >= 4 is 33.1 Å². The van der Waals surface area contributed by atoms with Crippen LogP contribution in [0.2, 0.25) is 5.02 Å². The number of nitrogens with zero attached hydrogens (tertiary/aromatic N) is 3. The van der Waals surface area contributed by atoms with E-state index in [9.17, 15) is 8.42 Å². The summed E-state index contributed by atoms with van der Waals surface area (Å²) >= 11 is 6.00. The van der Waals surface area contributed by atoms with Crippen LogP contribution in [0, 0.1) is 0 Å². The standard InChI is InChI=1S/C23H20ClN3O3S/c24-17-6-5-7-18(16-17)31(28,29)27-14-12-26(13-15-27)23-19-8-1-3-10-21(19)30-22-11-4-2-9-20(22)25-23/h1-11,16H,12-15H2. The van der Waals surface area contributed by atoms with Gasteiger partial charge in [0.25, 0.3) is 0 Å². The van der Waals surface area contributed by atoms with Gasteiger partial charge in [0.2, 0.25) is 10.0 Å². The fourth-order valence-corrected chi connectivity index (χ4v) is 5.55. The summed E-state index contributed by atoms with van der Waals surface area (Å²) in [6.07, 6.45) is 0. The Kier molecular flexibility index (Phi) is 5.17. The van der Waals surface area contributed by atoms with Crippen LogP contribution in [0.15, 0.2) is 82.7 Å². The van der Waals surface area contributed by atoms with Crippen LogP contribution in [0.1, 0.15) is 5.56 Å². The van der Waals surface area contributed by atoms with Gasteiger partial charge in [-0.05, 0) is 42.5 Å². The zero-order chi connectivity index (χ0) is 21.4. The lowest BCUT2D eigenvalue weighted by Crippen LogP contribution is -2.50. The second kappa shape index (κ2) is 8.00. The molecule has 8 heteroatoms. The van der Waals surface area contributed by atoms with Crippen LogP contribution < -0.4 is 4.74 Å². The molecule has 0 unspecified atom stereocenters. The second-order valence-electron chi connectivity index (χ2n) is 7.35. The summed E-state index contributed by atoms with van der Waals surface area (Å²) in [6, 6.07) is 21.8. The lowest BCUT2D eigenvalue weighted by Gasteiger charge is -2.35. The molecule has 1 fully saturated rings. The largest absolute Gasteiger partial charge is 0.454 e. The number of hydrogen-bond acceptors (Lipinski definition) is 5. The number of para-hydroxylation sites is 3. The summed E-state index contributed by atoms with van der Waals surface area (Å²) in [7, 11) is -3.60. The van der Waals surface area contributed by atoms with E-state index < -0.39 is 10.0 Å². The van der Waals surface area contributed by atoms with Crippen molar-refractivity contribution in [3.63, 3.8) is 0 Å². The molecule has 5 rings (SSSR count). The molecule has 0 spiro atoms. The Morgan fingerprint density at radius 1 is 0.839 bits per heavy atom. The zero-order valence-electron chi connectivity index (χ0n) is 16.6. The summed E-state index contributed by atoms with van der Waals surface area (Å²) in [5.41, 5.74) is 1.65. The number of piperazine rings is 1. The minimum Gasteiger partial charge on any atom is -0.454 e. The highest BCUT2D eigenvalue weighted by atomic mass is 35.5. The van der Waals surface area contributed by atoms with E-state index >= 15 is 0 Å². The van der Waals surface area contributed by atoms with E-state index in [0.717, 1.165) is 22.8 Å². The highest BCUT2D eigenvalue weighted by molar-refractivity contribution is 7.89. The number of rotatable bonds is 2. The summed E-state index contributed by atoms with van der Waals surface area (Å²) in [5, 5.41) is 0.405. The molecule has 0 bridgehead atoms. The molecule has 2 heterocycles. The first-order valence-electron chi connectivity index (χ1n) is 9.98. The van der Waals surface area contributed by atoms with Crippen LogP contribution in [0.5, 0.6) is 11.5 Å². The number of halogens is 1. The van der Waals surface area contributed by atoms with Crippen molar-refractivity contribution in [2.24, 2.45) is 4.99 Å². The van der Waals surface area contributed by atoms with Gasteiger partial charge in [-0.15, -0.1) is 0 Å². The van der Waals surface area contributed by atoms with Crippen LogP contribution in [-0.2, 0) is 10.0 Å². The zero-order valence-corrected chi connectivity index (χ0v) is 18.2. The van der Waals surface area contributed by atoms with E-state index in [0.29, 0.717) is 37.0 Å². The van der Waals surface area contributed by atoms with Crippen molar-refractivity contribution in [2.45, 2.75) is 4.90 Å². The fraction of sp³-hybridized carbons (Fsp3) is 0.174. The Labute approximate surface area is 186 Å². The number of sulfonamides is 1.